The van der Waals surface area contributed by atoms with E-state index in [0.29, 0.717) is 0 Å². The maximum absolute atomic E-state index is 12.0. The topological polar surface area (TPSA) is 54.0 Å². The van der Waals surface area contributed by atoms with Gasteiger partial charge in [0.05, 0.1) is 25.2 Å². The van der Waals surface area contributed by atoms with Crippen molar-refractivity contribution in [2.45, 2.75) is 18.2 Å². The molecule has 0 aromatic rings. The molecule has 0 radical (unpaired) electrons. The summed E-state index contributed by atoms with van der Waals surface area (Å²) in [7, 11) is 0. The van der Waals surface area contributed by atoms with Crippen LogP contribution in [0, 0.1) is 42.4 Å². The van der Waals surface area contributed by atoms with Crippen molar-refractivity contribution in [3.05, 3.63) is 0 Å². The second-order valence-electron chi connectivity index (χ2n) is 5.64. The van der Waals surface area contributed by atoms with E-state index in [0.717, 1.165) is 0 Å². The van der Waals surface area contributed by atoms with Gasteiger partial charge in [-0.1, -0.05) is 33.7 Å². The van der Waals surface area contributed by atoms with Crippen molar-refractivity contribution in [3.63, 3.8) is 0 Å². The van der Waals surface area contributed by atoms with Crippen LogP contribution in [0.15, 0.2) is 0 Å². The summed E-state index contributed by atoms with van der Waals surface area (Å²) in [6, 6.07) is 0. The zero-order valence-corrected chi connectivity index (χ0v) is 15.7. The van der Waals surface area contributed by atoms with Crippen LogP contribution in [-0.2, 0) is 23.7 Å². The van der Waals surface area contributed by atoms with Gasteiger partial charge in [-0.3, -0.25) is 4.79 Å². The third kappa shape index (κ3) is 9.60. The SMILES string of the molecule is C#CCOCC(COCC#C)(COCC#C)COC(=O)C(C)(C)Br. The molecule has 24 heavy (non-hydrogen) atoms. The Labute approximate surface area is 152 Å². The maximum Gasteiger partial charge on any atom is 0.322 e. The summed E-state index contributed by atoms with van der Waals surface area (Å²) in [4.78, 5) is 12.0. The maximum atomic E-state index is 12.0. The fourth-order valence-corrected chi connectivity index (χ4v) is 1.73. The van der Waals surface area contributed by atoms with E-state index in [4.69, 9.17) is 38.2 Å². The van der Waals surface area contributed by atoms with Crippen LogP contribution < -0.4 is 0 Å². The molecule has 0 spiro atoms. The minimum absolute atomic E-state index is 0.0145. The van der Waals surface area contributed by atoms with Gasteiger partial charge >= 0.3 is 5.97 Å². The summed E-state index contributed by atoms with van der Waals surface area (Å²) in [5.74, 6) is 6.72. The molecule has 0 rings (SSSR count). The van der Waals surface area contributed by atoms with Crippen LogP contribution in [0.4, 0.5) is 0 Å². The summed E-state index contributed by atoms with van der Waals surface area (Å²) < 4.78 is 20.9. The summed E-state index contributed by atoms with van der Waals surface area (Å²) in [6.45, 7) is 4.25. The first kappa shape index (κ1) is 22.5. The molecule has 0 heterocycles. The Hall–Kier alpha value is -1.49. The van der Waals surface area contributed by atoms with Gasteiger partial charge in [0.1, 0.15) is 30.8 Å². The molecule has 0 bridgehead atoms. The molecule has 5 nitrogen and oxygen atoms in total. The van der Waals surface area contributed by atoms with Gasteiger partial charge in [-0.25, -0.2) is 0 Å². The molecular formula is C18H23BrO5. The highest BCUT2D eigenvalue weighted by Gasteiger charge is 2.36. The second kappa shape index (κ2) is 12.0. The van der Waals surface area contributed by atoms with Crippen molar-refractivity contribution in [3.8, 4) is 37.0 Å². The molecule has 0 aliphatic rings. The lowest BCUT2D eigenvalue weighted by molar-refractivity contribution is -0.156. The highest BCUT2D eigenvalue weighted by molar-refractivity contribution is 9.10. The lowest BCUT2D eigenvalue weighted by Crippen LogP contribution is -2.43. The van der Waals surface area contributed by atoms with Gasteiger partial charge in [0, 0.05) is 0 Å². The average molecular weight is 399 g/mol. The van der Waals surface area contributed by atoms with Crippen molar-refractivity contribution in [1.29, 1.82) is 0 Å². The van der Waals surface area contributed by atoms with Gasteiger partial charge < -0.3 is 18.9 Å². The molecule has 0 N–H and O–H groups in total. The second-order valence-corrected chi connectivity index (χ2v) is 7.62. The average Bonchev–Trinajstić information content (AvgIpc) is 2.52. The molecule has 132 valence electrons. The standard InChI is InChI=1S/C18H23BrO5/c1-6-9-21-12-18(13-22-10-7-2,14-23-11-8-3)15-24-16(20)17(4,5)19/h1-3H,9-15H2,4-5H3. The van der Waals surface area contributed by atoms with Crippen LogP contribution in [0.3, 0.4) is 0 Å². The van der Waals surface area contributed by atoms with E-state index in [2.05, 4.69) is 33.7 Å². The quantitative estimate of drug-likeness (QED) is 0.216. The largest absolute Gasteiger partial charge is 0.464 e. The molecule has 0 saturated heterocycles. The van der Waals surface area contributed by atoms with Gasteiger partial charge in [-0.05, 0) is 13.8 Å². The zero-order chi connectivity index (χ0) is 18.5. The van der Waals surface area contributed by atoms with Gasteiger partial charge in [0.25, 0.3) is 0 Å². The van der Waals surface area contributed by atoms with Gasteiger partial charge in [0.2, 0.25) is 0 Å². The first-order valence-electron chi connectivity index (χ1n) is 7.21. The van der Waals surface area contributed by atoms with Gasteiger partial charge in [-0.2, -0.15) is 0 Å². The zero-order valence-electron chi connectivity index (χ0n) is 14.1. The van der Waals surface area contributed by atoms with E-state index in [1.54, 1.807) is 13.8 Å². The number of carbonyl (C=O) groups excluding carboxylic acids is 1. The Kier molecular flexibility index (Phi) is 11.2. The van der Waals surface area contributed by atoms with Crippen molar-refractivity contribution >= 4 is 21.9 Å². The van der Waals surface area contributed by atoms with Crippen LogP contribution in [0.25, 0.3) is 0 Å². The van der Waals surface area contributed by atoms with E-state index in [1.165, 1.54) is 0 Å². The van der Waals surface area contributed by atoms with Crippen LogP contribution >= 0.6 is 15.9 Å². The number of ether oxygens (including phenoxy) is 4. The monoisotopic (exact) mass is 398 g/mol. The van der Waals surface area contributed by atoms with Crippen LogP contribution in [0.1, 0.15) is 13.8 Å². The first-order valence-corrected chi connectivity index (χ1v) is 8.00. The molecular weight excluding hydrogens is 376 g/mol. The summed E-state index contributed by atoms with van der Waals surface area (Å²) >= 11 is 3.26. The highest BCUT2D eigenvalue weighted by Crippen LogP contribution is 2.24. The number of terminal acetylenes is 3. The minimum atomic E-state index is -0.808. The highest BCUT2D eigenvalue weighted by atomic mass is 79.9. The van der Waals surface area contributed by atoms with E-state index in [1.807, 2.05) is 0 Å². The van der Waals surface area contributed by atoms with Crippen LogP contribution in [-0.4, -0.2) is 56.5 Å². The predicted octanol–water partition coefficient (Wildman–Crippen LogP) is 1.64. The molecule has 0 atom stereocenters. The molecule has 0 unspecified atom stereocenters. The molecule has 0 aliphatic heterocycles. The Morgan fingerprint density at radius 3 is 1.54 bits per heavy atom. The molecule has 0 aliphatic carbocycles. The molecule has 0 fully saturated rings. The van der Waals surface area contributed by atoms with Crippen molar-refractivity contribution in [1.82, 2.24) is 0 Å². The minimum Gasteiger partial charge on any atom is -0.464 e. The number of hydrogen-bond donors (Lipinski definition) is 0. The summed E-state index contributed by atoms with van der Waals surface area (Å²) in [5.41, 5.74) is -0.765. The Bertz CT molecular complexity index is 451. The Morgan fingerprint density at radius 2 is 1.25 bits per heavy atom. The lowest BCUT2D eigenvalue weighted by atomic mass is 9.92. The lowest BCUT2D eigenvalue weighted by Gasteiger charge is -2.32. The number of halogens is 1. The fraction of sp³-hybridized carbons (Fsp3) is 0.611. The first-order chi connectivity index (χ1) is 11.3. The molecule has 0 aromatic carbocycles. The van der Waals surface area contributed by atoms with E-state index in [9.17, 15) is 4.79 Å². The van der Waals surface area contributed by atoms with Gasteiger partial charge in [-0.15, -0.1) is 19.3 Å². The smallest absolute Gasteiger partial charge is 0.322 e. The molecule has 0 saturated carbocycles. The normalized spacial score (nSPS) is 11.2. The number of esters is 1. The van der Waals surface area contributed by atoms with E-state index >= 15 is 0 Å². The van der Waals surface area contributed by atoms with Crippen molar-refractivity contribution in [2.24, 2.45) is 5.41 Å². The molecule has 6 heteroatoms. The van der Waals surface area contributed by atoms with E-state index < -0.39 is 15.7 Å². The number of rotatable bonds is 12. The van der Waals surface area contributed by atoms with Crippen molar-refractivity contribution < 1.29 is 23.7 Å². The Balaban J connectivity index is 5.05. The molecule has 0 aromatic heterocycles. The van der Waals surface area contributed by atoms with E-state index in [-0.39, 0.29) is 46.2 Å². The molecule has 0 amide bonds. The summed E-state index contributed by atoms with van der Waals surface area (Å²) in [6.07, 6.45) is 15.6. The van der Waals surface area contributed by atoms with Gasteiger partial charge in [0.15, 0.2) is 0 Å². The fourth-order valence-electron chi connectivity index (χ4n) is 1.62. The third-order valence-corrected chi connectivity index (χ3v) is 3.10. The van der Waals surface area contributed by atoms with Crippen molar-refractivity contribution in [2.75, 3.05) is 46.2 Å². The summed E-state index contributed by atoms with van der Waals surface area (Å²) in [5, 5.41) is 0. The van der Waals surface area contributed by atoms with Crippen LogP contribution in [0.5, 0.6) is 0 Å². The predicted molar refractivity (Wildman–Crippen MR) is 95.4 cm³/mol. The number of carbonyl (C=O) groups is 1. The number of hydrogen-bond acceptors (Lipinski definition) is 5. The Morgan fingerprint density at radius 1 is 0.875 bits per heavy atom. The third-order valence-electron chi connectivity index (χ3n) is 2.78. The van der Waals surface area contributed by atoms with Crippen LogP contribution in [0.2, 0.25) is 0 Å². The number of alkyl halides is 1.